The Hall–Kier alpha value is -2.57. The van der Waals surface area contributed by atoms with Gasteiger partial charge in [0.05, 0.1) is 17.6 Å². The summed E-state index contributed by atoms with van der Waals surface area (Å²) in [4.78, 5) is 32.4. The fraction of sp³-hybridized carbons (Fsp3) is 0.222. The van der Waals surface area contributed by atoms with E-state index < -0.39 is 18.1 Å². The third kappa shape index (κ3) is 2.15. The van der Waals surface area contributed by atoms with Gasteiger partial charge < -0.3 is 0 Å². The summed E-state index contributed by atoms with van der Waals surface area (Å²) in [5.41, 5.74) is 1.27. The molecule has 0 N–H and O–H groups in total. The summed E-state index contributed by atoms with van der Waals surface area (Å²) in [5.74, 6) is -1.66. The van der Waals surface area contributed by atoms with Gasteiger partial charge in [-0.15, -0.1) is 0 Å². The topological polar surface area (TPSA) is 49.9 Å². The van der Waals surface area contributed by atoms with Crippen LogP contribution in [0.2, 0.25) is 0 Å². The quantitative estimate of drug-likeness (QED) is 0.795. The van der Waals surface area contributed by atoms with Crippen LogP contribution < -0.4 is 4.90 Å². The van der Waals surface area contributed by atoms with Gasteiger partial charge in [-0.2, -0.15) is 5.06 Å². The van der Waals surface area contributed by atoms with Crippen LogP contribution in [0.1, 0.15) is 11.6 Å². The van der Waals surface area contributed by atoms with Crippen molar-refractivity contribution in [2.24, 2.45) is 5.92 Å². The van der Waals surface area contributed by atoms with E-state index in [9.17, 15) is 14.0 Å². The molecule has 2 aliphatic rings. The molecule has 2 aliphatic heterocycles. The van der Waals surface area contributed by atoms with E-state index in [0.717, 1.165) is 5.56 Å². The zero-order valence-electron chi connectivity index (χ0n) is 12.9. The Labute approximate surface area is 138 Å². The minimum absolute atomic E-state index is 0.296. The van der Waals surface area contributed by atoms with Gasteiger partial charge in [0.15, 0.2) is 6.10 Å². The maximum absolute atomic E-state index is 13.2. The minimum atomic E-state index is -0.849. The number of para-hydroxylation sites is 1. The molecule has 2 heterocycles. The highest BCUT2D eigenvalue weighted by Gasteiger charge is 2.59. The SMILES string of the molecule is CN1O[C@@H]2C(=O)N(c3ccccc3)C(=O)[C@@H]2[C@@H]1c1ccc(F)cc1. The predicted octanol–water partition coefficient (Wildman–Crippen LogP) is 2.30. The number of fused-ring (bicyclic) bond motifs is 1. The van der Waals surface area contributed by atoms with Crippen LogP contribution in [-0.4, -0.2) is 30.0 Å². The molecule has 5 nitrogen and oxygen atoms in total. The summed E-state index contributed by atoms with van der Waals surface area (Å²) in [6.07, 6.45) is -0.849. The maximum Gasteiger partial charge on any atom is 0.265 e. The first-order valence-corrected chi connectivity index (χ1v) is 7.66. The van der Waals surface area contributed by atoms with Crippen LogP contribution in [0.15, 0.2) is 54.6 Å². The largest absolute Gasteiger partial charge is 0.284 e. The van der Waals surface area contributed by atoms with Crippen molar-refractivity contribution >= 4 is 17.5 Å². The van der Waals surface area contributed by atoms with Gasteiger partial charge in [-0.25, -0.2) is 9.29 Å². The lowest BCUT2D eigenvalue weighted by Gasteiger charge is -2.24. The van der Waals surface area contributed by atoms with Crippen molar-refractivity contribution in [3.63, 3.8) is 0 Å². The monoisotopic (exact) mass is 326 g/mol. The number of imide groups is 1. The first-order chi connectivity index (χ1) is 11.6. The lowest BCUT2D eigenvalue weighted by Crippen LogP contribution is -2.36. The summed E-state index contributed by atoms with van der Waals surface area (Å²) in [6, 6.07) is 14.3. The summed E-state index contributed by atoms with van der Waals surface area (Å²) in [7, 11) is 1.68. The highest BCUT2D eigenvalue weighted by atomic mass is 19.1. The Morgan fingerprint density at radius 1 is 0.958 bits per heavy atom. The van der Waals surface area contributed by atoms with Crippen LogP contribution in [-0.2, 0) is 14.4 Å². The van der Waals surface area contributed by atoms with Crippen molar-refractivity contribution in [3.8, 4) is 0 Å². The number of hydroxylamine groups is 2. The Morgan fingerprint density at radius 2 is 1.62 bits per heavy atom. The predicted molar refractivity (Wildman–Crippen MR) is 84.2 cm³/mol. The molecule has 0 saturated carbocycles. The fourth-order valence-electron chi connectivity index (χ4n) is 3.46. The van der Waals surface area contributed by atoms with E-state index in [0.29, 0.717) is 5.69 Å². The van der Waals surface area contributed by atoms with Gasteiger partial charge in [-0.1, -0.05) is 30.3 Å². The van der Waals surface area contributed by atoms with Crippen LogP contribution >= 0.6 is 0 Å². The lowest BCUT2D eigenvalue weighted by atomic mass is 9.91. The van der Waals surface area contributed by atoms with Crippen LogP contribution in [0.25, 0.3) is 0 Å². The normalized spacial score (nSPS) is 26.9. The van der Waals surface area contributed by atoms with Crippen molar-refractivity contribution in [3.05, 3.63) is 66.0 Å². The molecule has 122 valence electrons. The Kier molecular flexibility index (Phi) is 3.44. The number of nitrogens with zero attached hydrogens (tertiary/aromatic N) is 2. The van der Waals surface area contributed by atoms with E-state index in [-0.39, 0.29) is 17.6 Å². The highest BCUT2D eigenvalue weighted by molar-refractivity contribution is 6.23. The molecule has 4 rings (SSSR count). The molecular formula is C18H15FN2O3. The molecular weight excluding hydrogens is 311 g/mol. The average Bonchev–Trinajstić information content (AvgIpc) is 3.04. The van der Waals surface area contributed by atoms with Gasteiger partial charge in [0.25, 0.3) is 5.91 Å². The van der Waals surface area contributed by atoms with Crippen LogP contribution in [0.4, 0.5) is 10.1 Å². The van der Waals surface area contributed by atoms with Crippen molar-refractivity contribution in [1.29, 1.82) is 0 Å². The Balaban J connectivity index is 1.72. The van der Waals surface area contributed by atoms with E-state index in [1.54, 1.807) is 43.4 Å². The minimum Gasteiger partial charge on any atom is -0.284 e. The van der Waals surface area contributed by atoms with Gasteiger partial charge in [-0.3, -0.25) is 14.4 Å². The number of carbonyl (C=O) groups is 2. The molecule has 2 amide bonds. The van der Waals surface area contributed by atoms with Crippen molar-refractivity contribution in [2.75, 3.05) is 11.9 Å². The molecule has 0 bridgehead atoms. The second kappa shape index (κ2) is 5.51. The number of carbonyl (C=O) groups excluding carboxylic acids is 2. The molecule has 2 fully saturated rings. The van der Waals surface area contributed by atoms with Crippen LogP contribution in [0.3, 0.4) is 0 Å². The van der Waals surface area contributed by atoms with Crippen molar-refractivity contribution < 1.29 is 18.8 Å². The average molecular weight is 326 g/mol. The standard InChI is InChI=1S/C18H15FN2O3/c1-20-15(11-7-9-12(19)10-8-11)14-16(24-20)18(23)21(17(14)22)13-5-3-2-4-6-13/h2-10,14-16H,1H3/t14-,15+,16+/m1/s1. The van der Waals surface area contributed by atoms with E-state index in [1.807, 2.05) is 6.07 Å². The summed E-state index contributed by atoms with van der Waals surface area (Å²) >= 11 is 0. The lowest BCUT2D eigenvalue weighted by molar-refractivity contribution is -0.160. The zero-order valence-corrected chi connectivity index (χ0v) is 12.9. The number of amides is 2. The maximum atomic E-state index is 13.2. The zero-order chi connectivity index (χ0) is 16.8. The highest BCUT2D eigenvalue weighted by Crippen LogP contribution is 2.44. The molecule has 2 saturated heterocycles. The van der Waals surface area contributed by atoms with Gasteiger partial charge >= 0.3 is 0 Å². The number of halogens is 1. The molecule has 2 aromatic rings. The second-order valence-corrected chi connectivity index (χ2v) is 5.94. The van der Waals surface area contributed by atoms with E-state index in [2.05, 4.69) is 0 Å². The van der Waals surface area contributed by atoms with E-state index >= 15 is 0 Å². The second-order valence-electron chi connectivity index (χ2n) is 5.94. The number of hydrogen-bond donors (Lipinski definition) is 0. The molecule has 0 aliphatic carbocycles. The van der Waals surface area contributed by atoms with Crippen LogP contribution in [0.5, 0.6) is 0 Å². The van der Waals surface area contributed by atoms with E-state index in [1.165, 1.54) is 22.1 Å². The Bertz CT molecular complexity index is 794. The first kappa shape index (κ1) is 15.0. The van der Waals surface area contributed by atoms with Gasteiger partial charge in [-0.05, 0) is 29.8 Å². The Morgan fingerprint density at radius 3 is 2.29 bits per heavy atom. The molecule has 6 heteroatoms. The molecule has 0 spiro atoms. The van der Waals surface area contributed by atoms with Crippen molar-refractivity contribution in [2.45, 2.75) is 12.1 Å². The molecule has 3 atom stereocenters. The first-order valence-electron chi connectivity index (χ1n) is 7.66. The van der Waals surface area contributed by atoms with Gasteiger partial charge in [0.1, 0.15) is 5.82 Å². The number of rotatable bonds is 2. The van der Waals surface area contributed by atoms with Gasteiger partial charge in [0, 0.05) is 7.05 Å². The molecule has 0 radical (unpaired) electrons. The summed E-state index contributed by atoms with van der Waals surface area (Å²) in [5, 5.41) is 1.51. The molecule has 2 aromatic carbocycles. The van der Waals surface area contributed by atoms with E-state index in [4.69, 9.17) is 4.84 Å². The summed E-state index contributed by atoms with van der Waals surface area (Å²) < 4.78 is 13.2. The number of anilines is 1. The smallest absolute Gasteiger partial charge is 0.265 e. The van der Waals surface area contributed by atoms with Crippen molar-refractivity contribution in [1.82, 2.24) is 5.06 Å². The number of benzene rings is 2. The molecule has 24 heavy (non-hydrogen) atoms. The number of hydrogen-bond acceptors (Lipinski definition) is 4. The molecule has 0 aromatic heterocycles. The fourth-order valence-corrected chi connectivity index (χ4v) is 3.46. The van der Waals surface area contributed by atoms with Crippen LogP contribution in [0, 0.1) is 11.7 Å². The third-order valence-electron chi connectivity index (χ3n) is 4.53. The van der Waals surface area contributed by atoms with Gasteiger partial charge in [0.2, 0.25) is 5.91 Å². The third-order valence-corrected chi connectivity index (χ3v) is 4.53. The molecule has 0 unspecified atom stereocenters. The summed E-state index contributed by atoms with van der Waals surface area (Å²) in [6.45, 7) is 0.